The average Bonchev–Trinajstić information content (AvgIpc) is 2.71. The first-order chi connectivity index (χ1) is 10.7. The summed E-state index contributed by atoms with van der Waals surface area (Å²) in [6, 6.07) is 3.59. The molecule has 11 heteroatoms. The quantitative estimate of drug-likeness (QED) is 0.449. The largest absolute Gasteiger partial charge is 0.462 e. The minimum Gasteiger partial charge on any atom is -0.462 e. The van der Waals surface area contributed by atoms with Crippen LogP contribution in [0.3, 0.4) is 0 Å². The van der Waals surface area contributed by atoms with Crippen LogP contribution in [0.2, 0.25) is 0 Å². The molecule has 0 spiro atoms. The number of benzene rings is 1. The van der Waals surface area contributed by atoms with Crippen LogP contribution in [-0.2, 0) is 26.3 Å². The number of rotatable bonds is 5. The van der Waals surface area contributed by atoms with Crippen LogP contribution in [-0.4, -0.2) is 42.7 Å². The van der Waals surface area contributed by atoms with E-state index in [1.165, 1.54) is 12.1 Å². The molecule has 124 valence electrons. The van der Waals surface area contributed by atoms with E-state index in [-0.39, 0.29) is 24.3 Å². The van der Waals surface area contributed by atoms with Crippen molar-refractivity contribution in [3.8, 4) is 0 Å². The van der Waals surface area contributed by atoms with E-state index in [4.69, 9.17) is 4.74 Å². The third-order valence-electron chi connectivity index (χ3n) is 3.04. The van der Waals surface area contributed by atoms with Crippen molar-refractivity contribution in [3.63, 3.8) is 0 Å². The molecule has 1 saturated heterocycles. The third kappa shape index (κ3) is 3.63. The van der Waals surface area contributed by atoms with Gasteiger partial charge in [0, 0.05) is 18.2 Å². The molecule has 23 heavy (non-hydrogen) atoms. The fourth-order valence-corrected chi connectivity index (χ4v) is 3.10. The normalized spacial score (nSPS) is 16.8. The van der Waals surface area contributed by atoms with Gasteiger partial charge in [-0.15, -0.1) is 0 Å². The Morgan fingerprint density at radius 1 is 1.48 bits per heavy atom. The maximum Gasteiger partial charge on any atom is 0.338 e. The zero-order valence-electron chi connectivity index (χ0n) is 12.0. The second-order valence-electron chi connectivity index (χ2n) is 4.62. The Morgan fingerprint density at radius 2 is 2.17 bits per heavy atom. The Kier molecular flexibility index (Phi) is 4.61. The predicted molar refractivity (Wildman–Crippen MR) is 76.5 cm³/mol. The molecular formula is C12H13N3O7S. The second-order valence-corrected chi connectivity index (χ2v) is 6.29. The summed E-state index contributed by atoms with van der Waals surface area (Å²) in [7, 11) is -3.99. The highest BCUT2D eigenvalue weighted by atomic mass is 32.2. The van der Waals surface area contributed by atoms with Crippen LogP contribution in [0.25, 0.3) is 0 Å². The average molecular weight is 343 g/mol. The number of nitro groups is 1. The van der Waals surface area contributed by atoms with Gasteiger partial charge in [-0.25, -0.2) is 9.52 Å². The lowest BCUT2D eigenvalue weighted by Crippen LogP contribution is -2.29. The Labute approximate surface area is 131 Å². The minimum absolute atomic E-state index is 0.0132. The van der Waals surface area contributed by atoms with Gasteiger partial charge in [0.1, 0.15) is 0 Å². The highest BCUT2D eigenvalue weighted by Gasteiger charge is 2.35. The van der Waals surface area contributed by atoms with Gasteiger partial charge in [0.05, 0.1) is 23.6 Å². The van der Waals surface area contributed by atoms with Gasteiger partial charge in [-0.05, 0) is 19.1 Å². The maximum absolute atomic E-state index is 11.7. The molecule has 0 aliphatic carbocycles. The Balaban J connectivity index is 2.34. The van der Waals surface area contributed by atoms with Crippen molar-refractivity contribution in [2.24, 2.45) is 0 Å². The second kappa shape index (κ2) is 6.30. The van der Waals surface area contributed by atoms with E-state index in [0.29, 0.717) is 0 Å². The molecular weight excluding hydrogens is 330 g/mol. The van der Waals surface area contributed by atoms with Crippen molar-refractivity contribution < 1.29 is 27.7 Å². The summed E-state index contributed by atoms with van der Waals surface area (Å²) in [6.45, 7) is 0.941. The van der Waals surface area contributed by atoms with Crippen LogP contribution >= 0.6 is 0 Å². The van der Waals surface area contributed by atoms with Crippen molar-refractivity contribution in [2.75, 3.05) is 13.2 Å². The lowest BCUT2D eigenvalue weighted by atomic mass is 10.1. The first-order valence-corrected chi connectivity index (χ1v) is 7.93. The van der Waals surface area contributed by atoms with E-state index < -0.39 is 39.2 Å². The molecule has 1 aromatic rings. The number of hydrogen-bond donors (Lipinski definition) is 1. The van der Waals surface area contributed by atoms with Gasteiger partial charge in [0.2, 0.25) is 5.91 Å². The van der Waals surface area contributed by atoms with Gasteiger partial charge in [0.25, 0.3) is 5.69 Å². The number of ether oxygens (including phenoxy) is 1. The Hall–Kier alpha value is -2.53. The first-order valence-electron chi connectivity index (χ1n) is 6.49. The molecule has 0 bridgehead atoms. The van der Waals surface area contributed by atoms with Gasteiger partial charge in [-0.3, -0.25) is 14.9 Å². The SMILES string of the molecule is CCOC(=O)c1ccc(CN2CC(=O)NS2(=O)=O)c([N+](=O)[O-])c1. The summed E-state index contributed by atoms with van der Waals surface area (Å²) in [5, 5.41) is 11.2. The van der Waals surface area contributed by atoms with Gasteiger partial charge in [-0.2, -0.15) is 12.7 Å². The zero-order valence-corrected chi connectivity index (χ0v) is 12.8. The molecule has 2 rings (SSSR count). The van der Waals surface area contributed by atoms with Crippen LogP contribution in [0.5, 0.6) is 0 Å². The summed E-state index contributed by atoms with van der Waals surface area (Å²) in [5.74, 6) is -1.43. The van der Waals surface area contributed by atoms with Crippen molar-refractivity contribution in [3.05, 3.63) is 39.4 Å². The molecule has 0 aromatic heterocycles. The van der Waals surface area contributed by atoms with E-state index in [1.807, 2.05) is 0 Å². The fourth-order valence-electron chi connectivity index (χ4n) is 2.03. The molecule has 0 saturated carbocycles. The molecule has 1 N–H and O–H groups in total. The Morgan fingerprint density at radius 3 is 2.70 bits per heavy atom. The highest BCUT2D eigenvalue weighted by Crippen LogP contribution is 2.24. The van der Waals surface area contributed by atoms with Gasteiger partial charge >= 0.3 is 16.2 Å². The number of nitrogens with one attached hydrogen (secondary N) is 1. The van der Waals surface area contributed by atoms with Crippen molar-refractivity contribution in [1.29, 1.82) is 0 Å². The summed E-state index contributed by atoms with van der Waals surface area (Å²) in [5.41, 5.74) is -0.381. The molecule has 10 nitrogen and oxygen atoms in total. The van der Waals surface area contributed by atoms with E-state index >= 15 is 0 Å². The molecule has 1 aromatic carbocycles. The first kappa shape index (κ1) is 16.8. The number of carbonyl (C=O) groups is 2. The monoisotopic (exact) mass is 343 g/mol. The smallest absolute Gasteiger partial charge is 0.338 e. The topological polar surface area (TPSA) is 136 Å². The van der Waals surface area contributed by atoms with Crippen LogP contribution in [0, 0.1) is 10.1 Å². The van der Waals surface area contributed by atoms with Gasteiger partial charge in [0.15, 0.2) is 0 Å². The Bertz CT molecular complexity index is 775. The third-order valence-corrected chi connectivity index (χ3v) is 4.47. The molecule has 0 radical (unpaired) electrons. The molecule has 1 aliphatic heterocycles. The van der Waals surface area contributed by atoms with E-state index in [9.17, 15) is 28.1 Å². The molecule has 1 amide bonds. The van der Waals surface area contributed by atoms with Gasteiger partial charge < -0.3 is 4.74 Å². The number of hydrogen-bond acceptors (Lipinski definition) is 7. The zero-order chi connectivity index (χ0) is 17.2. The van der Waals surface area contributed by atoms with Crippen molar-refractivity contribution in [1.82, 2.24) is 9.03 Å². The molecule has 0 unspecified atom stereocenters. The fraction of sp³-hybridized carbons (Fsp3) is 0.333. The molecule has 1 fully saturated rings. The van der Waals surface area contributed by atoms with E-state index in [1.54, 1.807) is 11.6 Å². The molecule has 1 aliphatic rings. The summed E-state index contributed by atoms with van der Waals surface area (Å²) in [4.78, 5) is 33.2. The number of nitrogens with zero attached hydrogens (tertiary/aromatic N) is 2. The van der Waals surface area contributed by atoms with Crippen LogP contribution < -0.4 is 4.72 Å². The lowest BCUT2D eigenvalue weighted by Gasteiger charge is -2.12. The van der Waals surface area contributed by atoms with Crippen molar-refractivity contribution >= 4 is 27.8 Å². The predicted octanol–water partition coefficient (Wildman–Crippen LogP) is -0.0519. The van der Waals surface area contributed by atoms with E-state index in [0.717, 1.165) is 10.4 Å². The van der Waals surface area contributed by atoms with E-state index in [2.05, 4.69) is 0 Å². The number of esters is 1. The molecule has 1 heterocycles. The lowest BCUT2D eigenvalue weighted by molar-refractivity contribution is -0.385. The highest BCUT2D eigenvalue weighted by molar-refractivity contribution is 7.88. The summed E-state index contributed by atoms with van der Waals surface area (Å²) < 4.78 is 30.6. The van der Waals surface area contributed by atoms with Gasteiger partial charge in [-0.1, -0.05) is 0 Å². The standard InChI is InChI=1S/C12H13N3O7S/c1-2-22-12(17)8-3-4-9(10(5-8)15(18)19)6-14-7-11(16)13-23(14,20)21/h3-5H,2,6-7H2,1H3,(H,13,16). The van der Waals surface area contributed by atoms with Crippen molar-refractivity contribution in [2.45, 2.75) is 13.5 Å². The molecule has 0 atom stereocenters. The summed E-state index contributed by atoms with van der Waals surface area (Å²) >= 11 is 0. The van der Waals surface area contributed by atoms with Crippen LogP contribution in [0.4, 0.5) is 5.69 Å². The van der Waals surface area contributed by atoms with Crippen LogP contribution in [0.15, 0.2) is 18.2 Å². The van der Waals surface area contributed by atoms with Crippen LogP contribution in [0.1, 0.15) is 22.8 Å². The number of carbonyl (C=O) groups excluding carboxylic acids is 2. The number of amides is 1. The maximum atomic E-state index is 11.7. The minimum atomic E-state index is -3.99. The number of nitro benzene ring substituents is 1. The summed E-state index contributed by atoms with van der Waals surface area (Å²) in [6.07, 6.45) is 0.